The number of hydrogen-bond donors (Lipinski definition) is 3. The molecule has 1 saturated heterocycles. The van der Waals surface area contributed by atoms with E-state index < -0.39 is 6.04 Å². The molecule has 3 rings (SSSR count). The van der Waals surface area contributed by atoms with E-state index in [1.54, 1.807) is 49.4 Å². The molecule has 1 atom stereocenters. The van der Waals surface area contributed by atoms with Crippen LogP contribution in [0, 0.1) is 0 Å². The first-order valence-corrected chi connectivity index (χ1v) is 9.75. The quantitative estimate of drug-likeness (QED) is 0.546. The zero-order valence-corrected chi connectivity index (χ0v) is 18.2. The highest BCUT2D eigenvalue weighted by Crippen LogP contribution is 2.34. The van der Waals surface area contributed by atoms with E-state index in [1.165, 1.54) is 7.11 Å². The maximum absolute atomic E-state index is 12.6. The molecule has 1 aliphatic rings. The number of nitrogens with zero attached hydrogens (tertiary/aromatic N) is 1. The van der Waals surface area contributed by atoms with Crippen molar-refractivity contribution < 1.29 is 33.7 Å². The Balaban J connectivity index is 0.00000114. The molecule has 0 aliphatic carbocycles. The third kappa shape index (κ3) is 5.88. The molecule has 32 heavy (non-hydrogen) atoms. The minimum atomic E-state index is -0.507. The molecule has 4 N–H and O–H groups in total. The number of carbonyl (C=O) groups is 3. The third-order valence-electron chi connectivity index (χ3n) is 4.86. The van der Waals surface area contributed by atoms with Gasteiger partial charge in [0, 0.05) is 37.3 Å². The second-order valence-electron chi connectivity index (χ2n) is 6.83. The molecular formula is C22H27N3O7. The molecule has 1 unspecified atom stereocenters. The lowest BCUT2D eigenvalue weighted by Crippen LogP contribution is -2.40. The molecule has 10 heteroatoms. The van der Waals surface area contributed by atoms with E-state index in [-0.39, 0.29) is 18.3 Å². The van der Waals surface area contributed by atoms with Gasteiger partial charge in [-0.1, -0.05) is 6.07 Å². The first-order valence-electron chi connectivity index (χ1n) is 9.75. The summed E-state index contributed by atoms with van der Waals surface area (Å²) >= 11 is 0. The zero-order chi connectivity index (χ0) is 23.7. The lowest BCUT2D eigenvalue weighted by molar-refractivity contribution is -0.128. The number of likely N-dealkylation sites (tertiary alicyclic amines) is 1. The van der Waals surface area contributed by atoms with Crippen LogP contribution in [0.2, 0.25) is 0 Å². The highest BCUT2D eigenvalue weighted by atomic mass is 16.5. The fourth-order valence-electron chi connectivity index (χ4n) is 3.18. The SMILES string of the molecule is COc1cc(Oc2cc(C(=O)NC3CCN(C)C3=O)ccc2OC)ccc1CN.O=CO. The average molecular weight is 445 g/mol. The number of carbonyl (C=O) groups excluding carboxylic acids is 2. The maximum Gasteiger partial charge on any atom is 0.290 e. The number of amides is 2. The van der Waals surface area contributed by atoms with Crippen LogP contribution in [0.1, 0.15) is 22.3 Å². The van der Waals surface area contributed by atoms with E-state index in [1.807, 2.05) is 6.07 Å². The van der Waals surface area contributed by atoms with Gasteiger partial charge in [-0.25, -0.2) is 0 Å². The van der Waals surface area contributed by atoms with Crippen molar-refractivity contribution in [3.63, 3.8) is 0 Å². The fraction of sp³-hybridized carbons (Fsp3) is 0.318. The normalized spacial score (nSPS) is 14.8. The molecule has 2 aromatic carbocycles. The van der Waals surface area contributed by atoms with Crippen molar-refractivity contribution >= 4 is 18.3 Å². The number of rotatable bonds is 7. The van der Waals surface area contributed by atoms with Gasteiger partial charge in [0.25, 0.3) is 12.4 Å². The molecule has 0 bridgehead atoms. The minimum absolute atomic E-state index is 0.0876. The Kier molecular flexibility index (Phi) is 8.84. The van der Waals surface area contributed by atoms with Gasteiger partial charge in [0.2, 0.25) is 5.91 Å². The summed E-state index contributed by atoms with van der Waals surface area (Å²) in [5.74, 6) is 1.54. The standard InChI is InChI=1S/C21H25N3O5.CH2O2/c1-24-9-8-16(21(24)26)23-20(25)13-5-7-17(27-2)19(10-13)29-15-6-4-14(12-22)18(11-15)28-3;2-1-3/h4-7,10-11,16H,8-9,12,22H2,1-3H3,(H,23,25);1H,(H,2,3). The summed E-state index contributed by atoms with van der Waals surface area (Å²) in [5.41, 5.74) is 6.92. The highest BCUT2D eigenvalue weighted by Gasteiger charge is 2.30. The highest BCUT2D eigenvalue weighted by molar-refractivity contribution is 5.98. The Morgan fingerprint density at radius 3 is 2.44 bits per heavy atom. The molecular weight excluding hydrogens is 418 g/mol. The second kappa shape index (κ2) is 11.6. The van der Waals surface area contributed by atoms with E-state index in [2.05, 4.69) is 5.32 Å². The van der Waals surface area contributed by atoms with E-state index >= 15 is 0 Å². The van der Waals surface area contributed by atoms with Gasteiger partial charge in [-0.2, -0.15) is 0 Å². The fourth-order valence-corrected chi connectivity index (χ4v) is 3.18. The van der Waals surface area contributed by atoms with Crippen molar-refractivity contribution in [2.75, 3.05) is 27.8 Å². The van der Waals surface area contributed by atoms with Crippen LogP contribution >= 0.6 is 0 Å². The number of methoxy groups -OCH3 is 2. The Morgan fingerprint density at radius 1 is 1.19 bits per heavy atom. The van der Waals surface area contributed by atoms with Crippen molar-refractivity contribution in [2.45, 2.75) is 19.0 Å². The van der Waals surface area contributed by atoms with E-state index in [0.717, 1.165) is 5.56 Å². The lowest BCUT2D eigenvalue weighted by atomic mass is 10.1. The Bertz CT molecular complexity index is 965. The zero-order valence-electron chi connectivity index (χ0n) is 18.2. The van der Waals surface area contributed by atoms with Crippen molar-refractivity contribution in [1.82, 2.24) is 10.2 Å². The van der Waals surface area contributed by atoms with Gasteiger partial charge in [0.05, 0.1) is 14.2 Å². The van der Waals surface area contributed by atoms with Gasteiger partial charge in [-0.05, 0) is 30.7 Å². The first kappa shape index (κ1) is 24.5. The number of nitrogens with two attached hydrogens (primary N) is 1. The molecule has 172 valence electrons. The van der Waals surface area contributed by atoms with Gasteiger partial charge in [0.15, 0.2) is 11.5 Å². The molecule has 1 heterocycles. The van der Waals surface area contributed by atoms with Gasteiger partial charge < -0.3 is 35.3 Å². The number of hydrogen-bond acceptors (Lipinski definition) is 7. The minimum Gasteiger partial charge on any atom is -0.496 e. The van der Waals surface area contributed by atoms with Gasteiger partial charge >= 0.3 is 0 Å². The maximum atomic E-state index is 12.6. The van der Waals surface area contributed by atoms with Gasteiger partial charge in [-0.3, -0.25) is 14.4 Å². The van der Waals surface area contributed by atoms with E-state index in [0.29, 0.717) is 48.1 Å². The molecule has 1 aliphatic heterocycles. The topological polar surface area (TPSA) is 140 Å². The number of likely N-dealkylation sites (N-methyl/N-ethyl adjacent to an activating group) is 1. The van der Waals surface area contributed by atoms with Gasteiger partial charge in [-0.15, -0.1) is 0 Å². The molecule has 0 spiro atoms. The molecule has 1 fully saturated rings. The summed E-state index contributed by atoms with van der Waals surface area (Å²) < 4.78 is 16.6. The van der Waals surface area contributed by atoms with E-state index in [9.17, 15) is 9.59 Å². The van der Waals surface area contributed by atoms with Crippen molar-refractivity contribution in [3.05, 3.63) is 47.5 Å². The molecule has 0 radical (unpaired) electrons. The first-order chi connectivity index (χ1) is 15.4. The van der Waals surface area contributed by atoms with Crippen LogP contribution in [0.3, 0.4) is 0 Å². The van der Waals surface area contributed by atoms with Crippen LogP contribution < -0.4 is 25.3 Å². The van der Waals surface area contributed by atoms with Crippen molar-refractivity contribution in [3.8, 4) is 23.0 Å². The summed E-state index contributed by atoms with van der Waals surface area (Å²) in [5, 5.41) is 9.67. The summed E-state index contributed by atoms with van der Waals surface area (Å²) in [6, 6.07) is 9.67. The summed E-state index contributed by atoms with van der Waals surface area (Å²) in [4.78, 5) is 34.6. The smallest absolute Gasteiger partial charge is 0.290 e. The van der Waals surface area contributed by atoms with Gasteiger partial charge in [0.1, 0.15) is 17.5 Å². The van der Waals surface area contributed by atoms with Crippen molar-refractivity contribution in [1.29, 1.82) is 0 Å². The van der Waals surface area contributed by atoms with Crippen molar-refractivity contribution in [2.24, 2.45) is 5.73 Å². The Morgan fingerprint density at radius 2 is 1.88 bits per heavy atom. The predicted molar refractivity (Wildman–Crippen MR) is 116 cm³/mol. The summed E-state index contributed by atoms with van der Waals surface area (Å²) in [7, 11) is 4.80. The van der Waals surface area contributed by atoms with E-state index in [4.69, 9.17) is 29.8 Å². The van der Waals surface area contributed by atoms with Crippen LogP contribution in [0.4, 0.5) is 0 Å². The second-order valence-corrected chi connectivity index (χ2v) is 6.83. The van der Waals surface area contributed by atoms with Crippen LogP contribution in [-0.2, 0) is 16.1 Å². The molecule has 0 aromatic heterocycles. The van der Waals surface area contributed by atoms with Crippen LogP contribution in [0.5, 0.6) is 23.0 Å². The monoisotopic (exact) mass is 445 g/mol. The number of ether oxygens (including phenoxy) is 3. The Hall–Kier alpha value is -3.79. The molecule has 10 nitrogen and oxygen atoms in total. The Labute approximate surface area is 185 Å². The summed E-state index contributed by atoms with van der Waals surface area (Å²) in [6.07, 6.45) is 0.591. The molecule has 2 amide bonds. The number of carboxylic acid groups (broad SMARTS) is 1. The van der Waals surface area contributed by atoms with Crippen LogP contribution in [0.25, 0.3) is 0 Å². The largest absolute Gasteiger partial charge is 0.496 e. The predicted octanol–water partition coefficient (Wildman–Crippen LogP) is 1.62. The number of benzene rings is 2. The summed E-state index contributed by atoms with van der Waals surface area (Å²) in [6.45, 7) is 0.721. The van der Waals surface area contributed by atoms with Crippen LogP contribution in [-0.4, -0.2) is 62.1 Å². The molecule has 2 aromatic rings. The third-order valence-corrected chi connectivity index (χ3v) is 4.86. The van der Waals surface area contributed by atoms with Crippen LogP contribution in [0.15, 0.2) is 36.4 Å². The lowest BCUT2D eigenvalue weighted by Gasteiger charge is -2.15. The molecule has 0 saturated carbocycles. The average Bonchev–Trinajstić information content (AvgIpc) is 3.11. The number of nitrogens with one attached hydrogen (secondary N) is 1.